The number of unbranched alkanes of at least 4 members (excludes halogenated alkanes) is 7. The number of aromatic nitrogens is 2. The van der Waals surface area contributed by atoms with Crippen LogP contribution in [0, 0.1) is 6.92 Å². The highest BCUT2D eigenvalue weighted by molar-refractivity contribution is 6.30. The average Bonchev–Trinajstić information content (AvgIpc) is 2.49. The van der Waals surface area contributed by atoms with Crippen LogP contribution in [0.3, 0.4) is 0 Å². The molecule has 1 aromatic rings. The largest absolute Gasteiger partial charge is 0.370 e. The summed E-state index contributed by atoms with van der Waals surface area (Å²) >= 11 is 6.13. The Morgan fingerprint density at radius 2 is 1.52 bits per heavy atom. The van der Waals surface area contributed by atoms with Gasteiger partial charge in [-0.3, -0.25) is 0 Å². The summed E-state index contributed by atoms with van der Waals surface area (Å²) in [5.74, 6) is 1.71. The van der Waals surface area contributed by atoms with Gasteiger partial charge in [0.1, 0.15) is 16.8 Å². The van der Waals surface area contributed by atoms with Gasteiger partial charge in [-0.1, -0.05) is 70.4 Å². The molecule has 0 spiro atoms. The summed E-state index contributed by atoms with van der Waals surface area (Å²) in [6, 6.07) is 0. The van der Waals surface area contributed by atoms with Gasteiger partial charge in [-0.05, 0) is 13.3 Å². The normalized spacial score (nSPS) is 10.9. The first kappa shape index (κ1) is 18.2. The van der Waals surface area contributed by atoms with Crippen LogP contribution in [-0.2, 0) is 6.42 Å². The van der Waals surface area contributed by atoms with E-state index in [4.69, 9.17) is 11.6 Å². The Balaban J connectivity index is 2.19. The second-order valence-corrected chi connectivity index (χ2v) is 6.02. The molecule has 120 valence electrons. The van der Waals surface area contributed by atoms with Crippen molar-refractivity contribution in [3.05, 3.63) is 16.5 Å². The second kappa shape index (κ2) is 10.8. The van der Waals surface area contributed by atoms with Crippen LogP contribution in [0.5, 0.6) is 0 Å². The fourth-order valence-electron chi connectivity index (χ4n) is 2.33. The van der Waals surface area contributed by atoms with E-state index in [0.29, 0.717) is 5.15 Å². The van der Waals surface area contributed by atoms with E-state index in [1.54, 1.807) is 0 Å². The molecule has 1 rings (SSSR count). The SMILES string of the molecule is CCCCCCCCCCNc1nc(CC)nc(Cl)c1C. The predicted octanol–water partition coefficient (Wildman–Crippen LogP) is 5.55. The molecule has 0 aliphatic heterocycles. The summed E-state index contributed by atoms with van der Waals surface area (Å²) in [5.41, 5.74) is 0.952. The Kier molecular flexibility index (Phi) is 9.40. The van der Waals surface area contributed by atoms with E-state index in [-0.39, 0.29) is 0 Å². The third-order valence-electron chi connectivity index (χ3n) is 3.77. The molecule has 0 radical (unpaired) electrons. The number of aryl methyl sites for hydroxylation is 1. The van der Waals surface area contributed by atoms with Crippen molar-refractivity contribution in [3.8, 4) is 0 Å². The Hall–Kier alpha value is -0.830. The van der Waals surface area contributed by atoms with E-state index < -0.39 is 0 Å². The number of nitrogens with zero attached hydrogens (tertiary/aromatic N) is 2. The number of hydrogen-bond acceptors (Lipinski definition) is 3. The van der Waals surface area contributed by atoms with E-state index in [9.17, 15) is 0 Å². The van der Waals surface area contributed by atoms with Gasteiger partial charge in [-0.15, -0.1) is 0 Å². The highest BCUT2D eigenvalue weighted by atomic mass is 35.5. The van der Waals surface area contributed by atoms with Crippen LogP contribution in [0.15, 0.2) is 0 Å². The van der Waals surface area contributed by atoms with Crippen LogP contribution in [0.2, 0.25) is 5.15 Å². The molecular formula is C17H30ClN3. The first-order chi connectivity index (χ1) is 10.2. The van der Waals surface area contributed by atoms with Crippen molar-refractivity contribution in [3.63, 3.8) is 0 Å². The lowest BCUT2D eigenvalue weighted by Gasteiger charge is -2.10. The number of rotatable bonds is 11. The molecule has 0 unspecified atom stereocenters. The zero-order valence-electron chi connectivity index (χ0n) is 13.8. The molecule has 1 N–H and O–H groups in total. The predicted molar refractivity (Wildman–Crippen MR) is 92.3 cm³/mol. The van der Waals surface area contributed by atoms with Crippen molar-refractivity contribution in [2.45, 2.75) is 78.6 Å². The summed E-state index contributed by atoms with van der Waals surface area (Å²) in [4.78, 5) is 8.77. The Morgan fingerprint density at radius 3 is 2.14 bits per heavy atom. The molecule has 21 heavy (non-hydrogen) atoms. The molecule has 1 heterocycles. The van der Waals surface area contributed by atoms with Gasteiger partial charge in [0.05, 0.1) is 0 Å². The highest BCUT2D eigenvalue weighted by Crippen LogP contribution is 2.20. The minimum absolute atomic E-state index is 0.570. The maximum Gasteiger partial charge on any atom is 0.137 e. The molecule has 0 fully saturated rings. The summed E-state index contributed by atoms with van der Waals surface area (Å²) in [5, 5.41) is 3.97. The van der Waals surface area contributed by atoms with Crippen LogP contribution < -0.4 is 5.32 Å². The van der Waals surface area contributed by atoms with Crippen molar-refractivity contribution in [2.75, 3.05) is 11.9 Å². The van der Waals surface area contributed by atoms with Crippen molar-refractivity contribution < 1.29 is 0 Å². The molecule has 0 atom stereocenters. The smallest absolute Gasteiger partial charge is 0.137 e. The lowest BCUT2D eigenvalue weighted by Crippen LogP contribution is -2.08. The standard InChI is InChI=1S/C17H30ClN3/c1-4-6-7-8-9-10-11-12-13-19-17-14(3)16(18)20-15(5-2)21-17/h4-13H2,1-3H3,(H,19,20,21). The van der Waals surface area contributed by atoms with Crippen molar-refractivity contribution in [2.24, 2.45) is 0 Å². The van der Waals surface area contributed by atoms with Crippen LogP contribution in [0.1, 0.15) is 76.6 Å². The Morgan fingerprint density at radius 1 is 0.905 bits per heavy atom. The van der Waals surface area contributed by atoms with Crippen molar-refractivity contribution >= 4 is 17.4 Å². The first-order valence-corrected chi connectivity index (χ1v) is 8.83. The lowest BCUT2D eigenvalue weighted by atomic mass is 10.1. The van der Waals surface area contributed by atoms with Crippen LogP contribution >= 0.6 is 11.6 Å². The molecule has 1 aromatic heterocycles. The number of halogens is 1. The quantitative estimate of drug-likeness (QED) is 0.430. The van der Waals surface area contributed by atoms with E-state index >= 15 is 0 Å². The molecule has 0 aliphatic rings. The maximum atomic E-state index is 6.13. The second-order valence-electron chi connectivity index (χ2n) is 5.66. The fourth-order valence-corrected chi connectivity index (χ4v) is 2.52. The Bertz CT molecular complexity index is 407. The lowest BCUT2D eigenvalue weighted by molar-refractivity contribution is 0.581. The summed E-state index contributed by atoms with van der Waals surface area (Å²) in [7, 11) is 0. The minimum Gasteiger partial charge on any atom is -0.370 e. The van der Waals surface area contributed by atoms with Gasteiger partial charge in [-0.25, -0.2) is 9.97 Å². The molecule has 3 nitrogen and oxygen atoms in total. The molecule has 0 saturated heterocycles. The number of nitrogens with one attached hydrogen (secondary N) is 1. The average molecular weight is 312 g/mol. The first-order valence-electron chi connectivity index (χ1n) is 8.45. The molecular weight excluding hydrogens is 282 g/mol. The highest BCUT2D eigenvalue weighted by Gasteiger charge is 2.07. The molecule has 0 amide bonds. The van der Waals surface area contributed by atoms with Crippen LogP contribution in [0.4, 0.5) is 5.82 Å². The zero-order chi connectivity index (χ0) is 15.5. The van der Waals surface area contributed by atoms with Gasteiger partial charge < -0.3 is 5.32 Å². The van der Waals surface area contributed by atoms with Gasteiger partial charge in [0.2, 0.25) is 0 Å². The van der Waals surface area contributed by atoms with Gasteiger partial charge in [0, 0.05) is 18.5 Å². The monoisotopic (exact) mass is 311 g/mol. The summed E-state index contributed by atoms with van der Waals surface area (Å²) in [6.45, 7) is 7.24. The van der Waals surface area contributed by atoms with Gasteiger partial charge in [0.25, 0.3) is 0 Å². The van der Waals surface area contributed by atoms with Gasteiger partial charge >= 0.3 is 0 Å². The third kappa shape index (κ3) is 7.12. The zero-order valence-corrected chi connectivity index (χ0v) is 14.6. The summed E-state index contributed by atoms with van der Waals surface area (Å²) < 4.78 is 0. The molecule has 0 bridgehead atoms. The van der Waals surface area contributed by atoms with Gasteiger partial charge in [-0.2, -0.15) is 0 Å². The minimum atomic E-state index is 0.570. The topological polar surface area (TPSA) is 37.8 Å². The van der Waals surface area contributed by atoms with Crippen molar-refractivity contribution in [1.29, 1.82) is 0 Å². The number of anilines is 1. The Labute approximate surface area is 134 Å². The van der Waals surface area contributed by atoms with E-state index in [1.165, 1.54) is 51.4 Å². The van der Waals surface area contributed by atoms with Crippen LogP contribution in [-0.4, -0.2) is 16.5 Å². The molecule has 4 heteroatoms. The van der Waals surface area contributed by atoms with Crippen molar-refractivity contribution in [1.82, 2.24) is 9.97 Å². The molecule has 0 aromatic carbocycles. The fraction of sp³-hybridized carbons (Fsp3) is 0.765. The molecule has 0 aliphatic carbocycles. The third-order valence-corrected chi connectivity index (χ3v) is 4.14. The van der Waals surface area contributed by atoms with E-state index in [0.717, 1.165) is 30.2 Å². The number of hydrogen-bond donors (Lipinski definition) is 1. The summed E-state index contributed by atoms with van der Waals surface area (Å²) in [6.07, 6.45) is 11.5. The molecule has 0 saturated carbocycles. The van der Waals surface area contributed by atoms with Gasteiger partial charge in [0.15, 0.2) is 0 Å². The van der Waals surface area contributed by atoms with E-state index in [2.05, 4.69) is 22.2 Å². The van der Waals surface area contributed by atoms with E-state index in [1.807, 2.05) is 13.8 Å². The maximum absolute atomic E-state index is 6.13. The van der Waals surface area contributed by atoms with Crippen LogP contribution in [0.25, 0.3) is 0 Å².